The topological polar surface area (TPSA) is 44.8 Å². The molecule has 1 aromatic carbocycles. The van der Waals surface area contributed by atoms with E-state index in [9.17, 15) is 18.0 Å². The minimum absolute atomic E-state index is 0.0271. The van der Waals surface area contributed by atoms with Crippen LogP contribution in [0.3, 0.4) is 0 Å². The fraction of sp³-hybridized carbons (Fsp3) is 0.462. The van der Waals surface area contributed by atoms with Crippen LogP contribution in [0.25, 0.3) is 0 Å². The Morgan fingerprint density at radius 3 is 2.50 bits per heavy atom. The van der Waals surface area contributed by atoms with Gasteiger partial charge in [-0.2, -0.15) is 13.2 Å². The van der Waals surface area contributed by atoms with Crippen LogP contribution in [0.1, 0.15) is 22.3 Å². The van der Waals surface area contributed by atoms with Gasteiger partial charge in [-0.25, -0.2) is 4.79 Å². The van der Waals surface area contributed by atoms with Crippen LogP contribution in [-0.4, -0.2) is 33.0 Å². The second-order valence-corrected chi connectivity index (χ2v) is 3.94. The summed E-state index contributed by atoms with van der Waals surface area (Å²) in [6.07, 6.45) is -5.24. The Morgan fingerprint density at radius 1 is 1.25 bits per heavy atom. The van der Waals surface area contributed by atoms with Crippen molar-refractivity contribution in [2.24, 2.45) is 0 Å². The molecule has 112 valence electrons. The molecule has 0 saturated carbocycles. The van der Waals surface area contributed by atoms with Crippen LogP contribution in [0.2, 0.25) is 0 Å². The minimum Gasteiger partial charge on any atom is -0.496 e. The predicted octanol–water partition coefficient (Wildman–Crippen LogP) is 2.95. The second kappa shape index (κ2) is 7.14. The SMILES string of the molecule is COC(=O)c1ccc(COCCC(F)(F)F)c(OC)c1. The van der Waals surface area contributed by atoms with Crippen molar-refractivity contribution in [3.8, 4) is 5.75 Å². The van der Waals surface area contributed by atoms with Gasteiger partial charge in [0.1, 0.15) is 5.75 Å². The third kappa shape index (κ3) is 5.08. The number of alkyl halides is 3. The molecule has 0 aromatic heterocycles. The molecule has 0 fully saturated rings. The summed E-state index contributed by atoms with van der Waals surface area (Å²) in [6, 6.07) is 4.50. The van der Waals surface area contributed by atoms with Crippen molar-refractivity contribution in [2.75, 3.05) is 20.8 Å². The zero-order valence-corrected chi connectivity index (χ0v) is 11.1. The second-order valence-electron chi connectivity index (χ2n) is 3.94. The van der Waals surface area contributed by atoms with E-state index in [0.29, 0.717) is 16.9 Å². The van der Waals surface area contributed by atoms with Crippen molar-refractivity contribution in [1.29, 1.82) is 0 Å². The maximum Gasteiger partial charge on any atom is 0.391 e. The summed E-state index contributed by atoms with van der Waals surface area (Å²) >= 11 is 0. The van der Waals surface area contributed by atoms with E-state index in [4.69, 9.17) is 9.47 Å². The monoisotopic (exact) mass is 292 g/mol. The minimum atomic E-state index is -4.24. The first-order chi connectivity index (χ1) is 9.37. The van der Waals surface area contributed by atoms with Crippen molar-refractivity contribution >= 4 is 5.97 Å². The number of carbonyl (C=O) groups excluding carboxylic acids is 1. The van der Waals surface area contributed by atoms with Gasteiger partial charge in [-0.15, -0.1) is 0 Å². The maximum atomic E-state index is 12.0. The van der Waals surface area contributed by atoms with Crippen molar-refractivity contribution in [3.05, 3.63) is 29.3 Å². The Morgan fingerprint density at radius 2 is 1.95 bits per heavy atom. The lowest BCUT2D eigenvalue weighted by Gasteiger charge is -2.11. The number of rotatable bonds is 6. The van der Waals surface area contributed by atoms with Gasteiger partial charge in [0.25, 0.3) is 0 Å². The quantitative estimate of drug-likeness (QED) is 0.597. The zero-order valence-electron chi connectivity index (χ0n) is 11.1. The van der Waals surface area contributed by atoms with Gasteiger partial charge in [0.05, 0.1) is 39.4 Å². The molecule has 1 rings (SSSR count). The molecular weight excluding hydrogens is 277 g/mol. The smallest absolute Gasteiger partial charge is 0.391 e. The molecule has 0 atom stereocenters. The molecule has 4 nitrogen and oxygen atoms in total. The average molecular weight is 292 g/mol. The summed E-state index contributed by atoms with van der Waals surface area (Å²) < 4.78 is 50.4. The van der Waals surface area contributed by atoms with E-state index in [-0.39, 0.29) is 6.61 Å². The molecule has 0 bridgehead atoms. The molecular formula is C13H15F3O4. The molecule has 0 N–H and O–H groups in total. The zero-order chi connectivity index (χ0) is 15.2. The number of hydrogen-bond acceptors (Lipinski definition) is 4. The van der Waals surface area contributed by atoms with Crippen molar-refractivity contribution in [2.45, 2.75) is 19.2 Å². The molecule has 20 heavy (non-hydrogen) atoms. The Balaban J connectivity index is 2.64. The van der Waals surface area contributed by atoms with Crippen LogP contribution >= 0.6 is 0 Å². The third-order valence-corrected chi connectivity index (χ3v) is 2.50. The Bertz CT molecular complexity index is 457. The first kappa shape index (κ1) is 16.3. The molecule has 0 unspecified atom stereocenters. The number of benzene rings is 1. The number of carbonyl (C=O) groups is 1. The molecule has 7 heteroatoms. The fourth-order valence-corrected chi connectivity index (χ4v) is 1.48. The van der Waals surface area contributed by atoms with Gasteiger partial charge in [0, 0.05) is 5.56 Å². The summed E-state index contributed by atoms with van der Waals surface area (Å²) in [5.41, 5.74) is 0.853. The van der Waals surface area contributed by atoms with Crippen molar-refractivity contribution in [3.63, 3.8) is 0 Å². The first-order valence-corrected chi connectivity index (χ1v) is 5.77. The maximum absolute atomic E-state index is 12.0. The first-order valence-electron chi connectivity index (χ1n) is 5.77. The molecule has 0 saturated heterocycles. The van der Waals surface area contributed by atoms with E-state index in [1.807, 2.05) is 0 Å². The van der Waals surface area contributed by atoms with E-state index in [1.54, 1.807) is 6.07 Å². The van der Waals surface area contributed by atoms with Crippen molar-refractivity contribution in [1.82, 2.24) is 0 Å². The number of ether oxygens (including phenoxy) is 3. The van der Waals surface area contributed by atoms with Crippen LogP contribution in [0.4, 0.5) is 13.2 Å². The van der Waals surface area contributed by atoms with Gasteiger partial charge in [0.15, 0.2) is 0 Å². The van der Waals surface area contributed by atoms with Crippen molar-refractivity contribution < 1.29 is 32.2 Å². The molecule has 1 aromatic rings. The van der Waals surface area contributed by atoms with E-state index in [0.717, 1.165) is 0 Å². The van der Waals surface area contributed by atoms with E-state index in [1.165, 1.54) is 26.4 Å². The number of halogens is 3. The summed E-state index contributed by atoms with van der Waals surface area (Å²) in [5.74, 6) is -0.159. The van der Waals surface area contributed by atoms with Gasteiger partial charge in [-0.05, 0) is 12.1 Å². The van der Waals surface area contributed by atoms with Crippen LogP contribution in [-0.2, 0) is 16.1 Å². The Labute approximate surface area is 114 Å². The Kier molecular flexibility index (Phi) is 5.82. The van der Waals surface area contributed by atoms with Crippen LogP contribution in [0.15, 0.2) is 18.2 Å². The van der Waals surface area contributed by atoms with E-state index < -0.39 is 25.2 Å². The average Bonchev–Trinajstić information content (AvgIpc) is 2.41. The number of methoxy groups -OCH3 is 2. The molecule has 0 heterocycles. The van der Waals surface area contributed by atoms with Gasteiger partial charge >= 0.3 is 12.1 Å². The van der Waals surface area contributed by atoms with Crippen LogP contribution < -0.4 is 4.74 Å². The predicted molar refractivity (Wildman–Crippen MR) is 64.7 cm³/mol. The number of hydrogen-bond donors (Lipinski definition) is 0. The highest BCUT2D eigenvalue weighted by molar-refractivity contribution is 5.89. The summed E-state index contributed by atoms with van der Waals surface area (Å²) in [4.78, 5) is 11.3. The third-order valence-electron chi connectivity index (χ3n) is 2.50. The van der Waals surface area contributed by atoms with Gasteiger partial charge < -0.3 is 14.2 Å². The van der Waals surface area contributed by atoms with Crippen LogP contribution in [0, 0.1) is 0 Å². The fourth-order valence-electron chi connectivity index (χ4n) is 1.48. The molecule has 0 aliphatic heterocycles. The molecule has 0 amide bonds. The summed E-state index contributed by atoms with van der Waals surface area (Å²) in [7, 11) is 2.65. The lowest BCUT2D eigenvalue weighted by molar-refractivity contribution is -0.146. The van der Waals surface area contributed by atoms with Crippen LogP contribution in [0.5, 0.6) is 5.75 Å². The largest absolute Gasteiger partial charge is 0.496 e. The standard InChI is InChI=1S/C13H15F3O4/c1-18-11-7-9(12(17)19-2)3-4-10(11)8-20-6-5-13(14,15)16/h3-4,7H,5-6,8H2,1-2H3. The molecule has 0 aliphatic carbocycles. The highest BCUT2D eigenvalue weighted by Crippen LogP contribution is 2.23. The summed E-state index contributed by atoms with van der Waals surface area (Å²) in [6.45, 7) is -0.452. The highest BCUT2D eigenvalue weighted by Gasteiger charge is 2.26. The Hall–Kier alpha value is -1.76. The summed E-state index contributed by atoms with van der Waals surface area (Å²) in [5, 5.41) is 0. The molecule has 0 radical (unpaired) electrons. The number of esters is 1. The van der Waals surface area contributed by atoms with Gasteiger partial charge in [0.2, 0.25) is 0 Å². The molecule has 0 aliphatic rings. The lowest BCUT2D eigenvalue weighted by atomic mass is 10.1. The van der Waals surface area contributed by atoms with E-state index >= 15 is 0 Å². The highest BCUT2D eigenvalue weighted by atomic mass is 19.4. The lowest BCUT2D eigenvalue weighted by Crippen LogP contribution is -2.11. The normalized spacial score (nSPS) is 11.2. The molecule has 0 spiro atoms. The van der Waals surface area contributed by atoms with E-state index in [2.05, 4.69) is 4.74 Å². The van der Waals surface area contributed by atoms with Gasteiger partial charge in [-0.3, -0.25) is 0 Å². The van der Waals surface area contributed by atoms with Gasteiger partial charge in [-0.1, -0.05) is 6.07 Å².